The van der Waals surface area contributed by atoms with Crippen LogP contribution < -0.4 is 14.5 Å². The number of carbonyl (C=O) groups excluding carboxylic acids is 2. The molecule has 3 aliphatic rings. The van der Waals surface area contributed by atoms with Crippen LogP contribution in [0.1, 0.15) is 48.7 Å². The highest BCUT2D eigenvalue weighted by Gasteiger charge is 2.65. The number of fused-ring (bicyclic) bond motifs is 4. The average Bonchev–Trinajstić information content (AvgIpc) is 3.40. The van der Waals surface area contributed by atoms with Crippen molar-refractivity contribution in [1.82, 2.24) is 0 Å². The third-order valence-corrected chi connectivity index (χ3v) is 9.49. The lowest BCUT2D eigenvalue weighted by molar-refractivity contribution is -0.146. The zero-order valence-electron chi connectivity index (χ0n) is 25.5. The molecule has 3 heterocycles. The third kappa shape index (κ3) is 4.55. The summed E-state index contributed by atoms with van der Waals surface area (Å²) in [6, 6.07) is 30.0. The smallest absolute Gasteiger partial charge is 0.266 e. The topological polar surface area (TPSA) is 99.5 Å². The van der Waals surface area contributed by atoms with E-state index in [2.05, 4.69) is 0 Å². The van der Waals surface area contributed by atoms with Crippen LogP contribution in [0.15, 0.2) is 97.1 Å². The van der Waals surface area contributed by atoms with Gasteiger partial charge in [0.15, 0.2) is 11.4 Å². The molecule has 0 aromatic heterocycles. The summed E-state index contributed by atoms with van der Waals surface area (Å²) in [6.45, 7) is 5.63. The third-order valence-electron chi connectivity index (χ3n) is 9.49. The van der Waals surface area contributed by atoms with Gasteiger partial charge in [-0.25, -0.2) is 0 Å². The molecule has 0 radical (unpaired) electrons. The molecule has 4 atom stereocenters. The van der Waals surface area contributed by atoms with E-state index in [4.69, 9.17) is 9.47 Å². The molecule has 0 bridgehead atoms. The first kappa shape index (κ1) is 29.2. The Bertz CT molecular complexity index is 1780. The highest BCUT2D eigenvalue weighted by Crippen LogP contribution is 2.58. The Morgan fingerprint density at radius 2 is 1.49 bits per heavy atom. The second kappa shape index (κ2) is 10.8. The molecule has 8 nitrogen and oxygen atoms in total. The molecule has 2 amide bonds. The summed E-state index contributed by atoms with van der Waals surface area (Å²) >= 11 is 0. The highest BCUT2D eigenvalue weighted by molar-refractivity contribution is 6.14. The molecule has 1 saturated heterocycles. The molecule has 2 N–H and O–H groups in total. The van der Waals surface area contributed by atoms with Gasteiger partial charge in [0, 0.05) is 29.7 Å². The van der Waals surface area contributed by atoms with Crippen LogP contribution in [0.3, 0.4) is 0 Å². The van der Waals surface area contributed by atoms with Gasteiger partial charge in [0.25, 0.3) is 11.8 Å². The standard InChI is InChI=1S/C37H36N2O6/c1-23-33(36(2,3)43)32(20-21-40)45-37(23)27-11-5-6-12-28(27)38(35(37)42)22-24-16-18-25(19-17-24)39-29-13-7-9-15-31(29)44-30-14-8-4-10-26(30)34(39)41/h4-19,23,32-33,40,43H,20-22H2,1-3H3/t23-,32+,33-,37+/m1/s1. The van der Waals surface area contributed by atoms with Crippen LogP contribution in [-0.2, 0) is 21.7 Å². The Hall–Kier alpha value is -4.50. The minimum atomic E-state index is -1.27. The molecule has 3 aliphatic heterocycles. The van der Waals surface area contributed by atoms with Gasteiger partial charge in [0.1, 0.15) is 5.75 Å². The summed E-state index contributed by atoms with van der Waals surface area (Å²) in [5.41, 5.74) is 1.83. The first-order valence-corrected chi connectivity index (χ1v) is 15.4. The number of nitrogens with zero attached hydrogens (tertiary/aromatic N) is 2. The molecule has 0 unspecified atom stereocenters. The van der Waals surface area contributed by atoms with Crippen LogP contribution in [0.25, 0.3) is 0 Å². The summed E-state index contributed by atoms with van der Waals surface area (Å²) < 4.78 is 12.8. The predicted molar refractivity (Wildman–Crippen MR) is 171 cm³/mol. The van der Waals surface area contributed by atoms with E-state index < -0.39 is 17.3 Å². The van der Waals surface area contributed by atoms with Crippen LogP contribution in [0.5, 0.6) is 11.5 Å². The van der Waals surface area contributed by atoms with Crippen LogP contribution in [-0.4, -0.2) is 40.3 Å². The molecular weight excluding hydrogens is 568 g/mol. The molecule has 4 aromatic rings. The van der Waals surface area contributed by atoms with Crippen molar-refractivity contribution < 1.29 is 29.3 Å². The lowest BCUT2D eigenvalue weighted by Gasteiger charge is -2.34. The number of carbonyl (C=O) groups is 2. The maximum atomic E-state index is 14.5. The van der Waals surface area contributed by atoms with E-state index in [0.29, 0.717) is 41.4 Å². The van der Waals surface area contributed by atoms with Gasteiger partial charge in [-0.3, -0.25) is 14.5 Å². The number of ether oxygens (including phenoxy) is 2. The van der Waals surface area contributed by atoms with Crippen LogP contribution in [0.4, 0.5) is 17.1 Å². The lowest BCUT2D eigenvalue weighted by Crippen LogP contribution is -2.46. The van der Waals surface area contributed by atoms with Gasteiger partial charge in [0.05, 0.1) is 35.2 Å². The Morgan fingerprint density at radius 1 is 0.844 bits per heavy atom. The molecule has 0 saturated carbocycles. The molecule has 4 aromatic carbocycles. The van der Waals surface area contributed by atoms with E-state index in [0.717, 1.165) is 16.8 Å². The van der Waals surface area contributed by atoms with Gasteiger partial charge in [-0.15, -0.1) is 0 Å². The Labute approximate surface area is 262 Å². The van der Waals surface area contributed by atoms with E-state index in [1.54, 1.807) is 35.8 Å². The first-order chi connectivity index (χ1) is 21.6. The zero-order valence-corrected chi connectivity index (χ0v) is 25.5. The second-order valence-electron chi connectivity index (χ2n) is 12.7. The number of hydrogen-bond acceptors (Lipinski definition) is 6. The first-order valence-electron chi connectivity index (χ1n) is 15.4. The maximum Gasteiger partial charge on any atom is 0.266 e. The Morgan fingerprint density at radius 3 is 2.20 bits per heavy atom. The van der Waals surface area contributed by atoms with Gasteiger partial charge >= 0.3 is 0 Å². The number of rotatable bonds is 6. The number of aliphatic hydroxyl groups excluding tert-OH is 1. The molecule has 1 fully saturated rings. The predicted octanol–water partition coefficient (Wildman–Crippen LogP) is 6.32. The van der Waals surface area contributed by atoms with Crippen molar-refractivity contribution in [3.8, 4) is 11.5 Å². The molecule has 1 spiro atoms. The van der Waals surface area contributed by atoms with Gasteiger partial charge in [-0.1, -0.05) is 61.5 Å². The van der Waals surface area contributed by atoms with Crippen molar-refractivity contribution in [1.29, 1.82) is 0 Å². The van der Waals surface area contributed by atoms with Crippen LogP contribution in [0.2, 0.25) is 0 Å². The van der Waals surface area contributed by atoms with Crippen molar-refractivity contribution in [3.05, 3.63) is 114 Å². The van der Waals surface area contributed by atoms with Crippen molar-refractivity contribution in [3.63, 3.8) is 0 Å². The zero-order chi connectivity index (χ0) is 31.5. The minimum absolute atomic E-state index is 0.104. The van der Waals surface area contributed by atoms with Crippen LogP contribution >= 0.6 is 0 Å². The summed E-state index contributed by atoms with van der Waals surface area (Å²) in [6.07, 6.45) is -0.157. The Kier molecular flexibility index (Phi) is 7.04. The van der Waals surface area contributed by atoms with Crippen molar-refractivity contribution >= 4 is 28.9 Å². The fraction of sp³-hybridized carbons (Fsp3) is 0.297. The molecule has 45 heavy (non-hydrogen) atoms. The summed E-state index contributed by atoms with van der Waals surface area (Å²) in [5, 5.41) is 20.9. The fourth-order valence-electron chi connectivity index (χ4n) is 7.58. The monoisotopic (exact) mass is 604 g/mol. The van der Waals surface area contributed by atoms with Crippen molar-refractivity contribution in [2.24, 2.45) is 11.8 Å². The molecule has 230 valence electrons. The molecule has 0 aliphatic carbocycles. The Balaban J connectivity index is 1.22. The number of hydrogen-bond donors (Lipinski definition) is 2. The average molecular weight is 605 g/mol. The van der Waals surface area contributed by atoms with Gasteiger partial charge < -0.3 is 24.6 Å². The molecule has 7 rings (SSSR count). The molecular formula is C37H36N2O6. The number of aliphatic hydroxyl groups is 2. The fourth-order valence-corrected chi connectivity index (χ4v) is 7.58. The van der Waals surface area contributed by atoms with Gasteiger partial charge in [-0.05, 0) is 68.3 Å². The summed E-state index contributed by atoms with van der Waals surface area (Å²) in [5.74, 6) is 0.0170. The highest BCUT2D eigenvalue weighted by atomic mass is 16.5. The van der Waals surface area contributed by atoms with E-state index in [1.807, 2.05) is 91.9 Å². The van der Waals surface area contributed by atoms with Crippen LogP contribution in [0, 0.1) is 11.8 Å². The number of para-hydroxylation sites is 4. The van der Waals surface area contributed by atoms with Gasteiger partial charge in [-0.2, -0.15) is 0 Å². The van der Waals surface area contributed by atoms with Gasteiger partial charge in [0.2, 0.25) is 0 Å². The maximum absolute atomic E-state index is 14.5. The van der Waals surface area contributed by atoms with Crippen molar-refractivity contribution in [2.45, 2.75) is 51.0 Å². The SMILES string of the molecule is C[C@@H]1[C@@H](C(C)(C)O)[C@H](CCO)O[C@@]12C(=O)N(Cc1ccc(N3C(=O)c4ccccc4Oc4ccccc43)cc1)c1ccccc12. The number of anilines is 3. The largest absolute Gasteiger partial charge is 0.454 e. The van der Waals surface area contributed by atoms with E-state index in [-0.39, 0.29) is 30.3 Å². The molecule has 8 heteroatoms. The number of amides is 2. The number of benzene rings is 4. The minimum Gasteiger partial charge on any atom is -0.454 e. The lowest BCUT2D eigenvalue weighted by atomic mass is 9.71. The van der Waals surface area contributed by atoms with E-state index >= 15 is 0 Å². The van der Waals surface area contributed by atoms with E-state index in [1.165, 1.54) is 0 Å². The normalized spacial score (nSPS) is 23.9. The second-order valence-corrected chi connectivity index (χ2v) is 12.7. The van der Waals surface area contributed by atoms with Crippen molar-refractivity contribution in [2.75, 3.05) is 16.4 Å². The summed E-state index contributed by atoms with van der Waals surface area (Å²) in [4.78, 5) is 31.7. The summed E-state index contributed by atoms with van der Waals surface area (Å²) in [7, 11) is 0. The quantitative estimate of drug-likeness (QED) is 0.267. The van der Waals surface area contributed by atoms with E-state index in [9.17, 15) is 19.8 Å².